The van der Waals surface area contributed by atoms with Crippen LogP contribution in [0, 0.1) is 0 Å². The quantitative estimate of drug-likeness (QED) is 0.253. The van der Waals surface area contributed by atoms with Crippen LogP contribution in [0.1, 0.15) is 12.0 Å². The van der Waals surface area contributed by atoms with Crippen molar-refractivity contribution in [2.75, 3.05) is 33.1 Å². The highest BCUT2D eigenvalue weighted by molar-refractivity contribution is 14.0. The molecule has 9 heteroatoms. The first-order valence-corrected chi connectivity index (χ1v) is 9.56. The number of ether oxygens (including phenoxy) is 2. The minimum Gasteiger partial charge on any atom is -0.497 e. The first-order valence-electron chi connectivity index (χ1n) is 8.76. The fraction of sp³-hybridized carbons (Fsp3) is 0.300. The molecule has 0 saturated carbocycles. The lowest BCUT2D eigenvalue weighted by atomic mass is 10.2. The zero-order valence-corrected chi connectivity index (χ0v) is 20.5. The largest absolute Gasteiger partial charge is 0.497 e. The predicted molar refractivity (Wildman–Crippen MR) is 131 cm³/mol. The molecule has 0 fully saturated rings. The van der Waals surface area contributed by atoms with Gasteiger partial charge in [-0.3, -0.25) is 9.79 Å². The molecule has 0 spiro atoms. The molecule has 2 aromatic carbocycles. The molecular weight excluding hydrogens is 551 g/mol. The highest BCUT2D eigenvalue weighted by Crippen LogP contribution is 2.24. The van der Waals surface area contributed by atoms with E-state index in [1.807, 2.05) is 42.5 Å². The van der Waals surface area contributed by atoms with Crippen LogP contribution in [-0.2, 0) is 11.3 Å². The van der Waals surface area contributed by atoms with E-state index in [9.17, 15) is 4.79 Å². The summed E-state index contributed by atoms with van der Waals surface area (Å²) in [5, 5.41) is 9.20. The van der Waals surface area contributed by atoms with Crippen LogP contribution in [0.25, 0.3) is 0 Å². The minimum atomic E-state index is -0.0675. The first kappa shape index (κ1) is 25.0. The number of nitrogens with zero attached hydrogens (tertiary/aromatic N) is 1. The third-order valence-corrected chi connectivity index (χ3v) is 4.47. The summed E-state index contributed by atoms with van der Waals surface area (Å²) in [6, 6.07) is 13.1. The zero-order chi connectivity index (χ0) is 20.4. The molecule has 0 saturated heterocycles. The summed E-state index contributed by atoms with van der Waals surface area (Å²) in [7, 11) is 4.92. The zero-order valence-electron chi connectivity index (χ0n) is 16.6. The lowest BCUT2D eigenvalue weighted by molar-refractivity contribution is -0.116. The molecule has 0 aliphatic heterocycles. The van der Waals surface area contributed by atoms with Crippen LogP contribution in [0.5, 0.6) is 11.5 Å². The Hall–Kier alpha value is -2.01. The molecule has 7 nitrogen and oxygen atoms in total. The number of anilines is 1. The fourth-order valence-corrected chi connectivity index (χ4v) is 2.71. The van der Waals surface area contributed by atoms with Crippen LogP contribution in [0.4, 0.5) is 5.69 Å². The maximum atomic E-state index is 12.0. The Bertz CT molecular complexity index is 816. The van der Waals surface area contributed by atoms with Crippen LogP contribution in [0.15, 0.2) is 51.9 Å². The minimum absolute atomic E-state index is 0. The van der Waals surface area contributed by atoms with Gasteiger partial charge in [-0.25, -0.2) is 0 Å². The summed E-state index contributed by atoms with van der Waals surface area (Å²) in [5.74, 6) is 2.01. The van der Waals surface area contributed by atoms with Gasteiger partial charge >= 0.3 is 0 Å². The highest BCUT2D eigenvalue weighted by Gasteiger charge is 2.07. The average Bonchev–Trinajstić information content (AvgIpc) is 2.72. The van der Waals surface area contributed by atoms with Crippen molar-refractivity contribution in [1.29, 1.82) is 0 Å². The summed E-state index contributed by atoms with van der Waals surface area (Å²) in [4.78, 5) is 16.2. The molecule has 0 heterocycles. The molecule has 158 valence electrons. The van der Waals surface area contributed by atoms with Crippen molar-refractivity contribution >= 4 is 57.5 Å². The second-order valence-electron chi connectivity index (χ2n) is 5.84. The molecule has 0 atom stereocenters. The molecule has 0 aromatic heterocycles. The maximum absolute atomic E-state index is 12.0. The number of benzene rings is 2. The van der Waals surface area contributed by atoms with Gasteiger partial charge in [-0.05, 0) is 36.4 Å². The third-order valence-electron chi connectivity index (χ3n) is 3.94. The lowest BCUT2D eigenvalue weighted by Crippen LogP contribution is -2.38. The Morgan fingerprint density at radius 2 is 1.79 bits per heavy atom. The first-order chi connectivity index (χ1) is 13.5. The number of rotatable bonds is 8. The average molecular weight is 577 g/mol. The topological polar surface area (TPSA) is 84.0 Å². The third kappa shape index (κ3) is 8.48. The molecule has 1 amide bonds. The van der Waals surface area contributed by atoms with Crippen molar-refractivity contribution in [2.24, 2.45) is 4.99 Å². The van der Waals surface area contributed by atoms with Crippen LogP contribution in [0.2, 0.25) is 0 Å². The number of methoxy groups -OCH3 is 2. The lowest BCUT2D eigenvalue weighted by Gasteiger charge is -2.14. The Morgan fingerprint density at radius 1 is 1.07 bits per heavy atom. The summed E-state index contributed by atoms with van der Waals surface area (Å²) >= 11 is 3.37. The van der Waals surface area contributed by atoms with E-state index in [0.29, 0.717) is 25.5 Å². The highest BCUT2D eigenvalue weighted by atomic mass is 127. The number of amides is 1. The van der Waals surface area contributed by atoms with E-state index in [2.05, 4.69) is 36.9 Å². The van der Waals surface area contributed by atoms with Gasteiger partial charge in [-0.2, -0.15) is 0 Å². The SMILES string of the molecule is CN=C(NCCC(=O)Nc1ccc(Br)cc1)NCc1ccc(OC)cc1OC.I. The van der Waals surface area contributed by atoms with E-state index in [1.54, 1.807) is 21.3 Å². The van der Waals surface area contributed by atoms with Gasteiger partial charge in [-0.1, -0.05) is 15.9 Å². The van der Waals surface area contributed by atoms with Crippen LogP contribution >= 0.6 is 39.9 Å². The van der Waals surface area contributed by atoms with E-state index in [4.69, 9.17) is 9.47 Å². The monoisotopic (exact) mass is 576 g/mol. The molecule has 29 heavy (non-hydrogen) atoms. The Kier molecular flexibility index (Phi) is 11.4. The van der Waals surface area contributed by atoms with Gasteiger partial charge in [0.1, 0.15) is 11.5 Å². The summed E-state index contributed by atoms with van der Waals surface area (Å²) in [5.41, 5.74) is 1.74. The summed E-state index contributed by atoms with van der Waals surface area (Å²) in [6.45, 7) is 0.986. The molecular formula is C20H26BrIN4O3. The number of carbonyl (C=O) groups excluding carboxylic acids is 1. The van der Waals surface area contributed by atoms with Gasteiger partial charge in [0, 0.05) is 48.3 Å². The number of nitrogens with one attached hydrogen (secondary N) is 3. The van der Waals surface area contributed by atoms with Crippen molar-refractivity contribution in [3.8, 4) is 11.5 Å². The van der Waals surface area contributed by atoms with Gasteiger partial charge in [0.15, 0.2) is 5.96 Å². The smallest absolute Gasteiger partial charge is 0.226 e. The molecule has 0 radical (unpaired) electrons. The van der Waals surface area contributed by atoms with Gasteiger partial charge in [0.2, 0.25) is 5.91 Å². The van der Waals surface area contributed by atoms with E-state index < -0.39 is 0 Å². The number of guanidine groups is 1. The predicted octanol–water partition coefficient (Wildman–Crippen LogP) is 3.78. The normalized spacial score (nSPS) is 10.6. The van der Waals surface area contributed by atoms with E-state index in [0.717, 1.165) is 27.2 Å². The summed E-state index contributed by atoms with van der Waals surface area (Å²) < 4.78 is 11.6. The van der Waals surface area contributed by atoms with E-state index >= 15 is 0 Å². The number of carbonyl (C=O) groups is 1. The van der Waals surface area contributed by atoms with E-state index in [-0.39, 0.29) is 29.9 Å². The molecule has 2 aromatic rings. The van der Waals surface area contributed by atoms with Crippen LogP contribution in [0.3, 0.4) is 0 Å². The van der Waals surface area contributed by atoms with Crippen molar-refractivity contribution in [2.45, 2.75) is 13.0 Å². The molecule has 0 bridgehead atoms. The van der Waals surface area contributed by atoms with Gasteiger partial charge in [0.25, 0.3) is 0 Å². The van der Waals surface area contributed by atoms with Crippen LogP contribution < -0.4 is 25.4 Å². The number of aliphatic imine (C=N–C) groups is 1. The molecule has 0 aliphatic rings. The molecule has 0 aliphatic carbocycles. The van der Waals surface area contributed by atoms with Crippen molar-refractivity contribution in [3.63, 3.8) is 0 Å². The molecule has 2 rings (SSSR count). The van der Waals surface area contributed by atoms with E-state index in [1.165, 1.54) is 0 Å². The van der Waals surface area contributed by atoms with Crippen molar-refractivity contribution in [1.82, 2.24) is 10.6 Å². The second-order valence-corrected chi connectivity index (χ2v) is 6.75. The van der Waals surface area contributed by atoms with Gasteiger partial charge in [0.05, 0.1) is 14.2 Å². The van der Waals surface area contributed by atoms with Crippen LogP contribution in [-0.4, -0.2) is 39.7 Å². The maximum Gasteiger partial charge on any atom is 0.226 e. The standard InChI is InChI=1S/C20H25BrN4O3.HI/c1-22-20(24-13-14-4-9-17(27-2)12-18(14)28-3)23-11-10-19(26)25-16-7-5-15(21)6-8-16;/h4-9,12H,10-11,13H2,1-3H3,(H,25,26)(H2,22,23,24);1H. The van der Waals surface area contributed by atoms with Crippen molar-refractivity contribution in [3.05, 3.63) is 52.5 Å². The Morgan fingerprint density at radius 3 is 2.41 bits per heavy atom. The Balaban J connectivity index is 0.00000420. The van der Waals surface area contributed by atoms with Crippen molar-refractivity contribution < 1.29 is 14.3 Å². The van der Waals surface area contributed by atoms with Gasteiger partial charge in [-0.15, -0.1) is 24.0 Å². The number of hydrogen-bond acceptors (Lipinski definition) is 4. The van der Waals surface area contributed by atoms with Gasteiger partial charge < -0.3 is 25.4 Å². The molecule has 3 N–H and O–H groups in total. The fourth-order valence-electron chi connectivity index (χ4n) is 2.45. The second kappa shape index (κ2) is 13.3. The Labute approximate surface area is 196 Å². The number of halogens is 2. The number of hydrogen-bond donors (Lipinski definition) is 3. The molecule has 0 unspecified atom stereocenters. The summed E-state index contributed by atoms with van der Waals surface area (Å²) in [6.07, 6.45) is 0.322.